The number of carbonyl (C=O) groups excluding carboxylic acids is 1. The molecule has 0 atom stereocenters. The fourth-order valence-corrected chi connectivity index (χ4v) is 4.86. The van der Waals surface area contributed by atoms with Crippen molar-refractivity contribution in [3.05, 3.63) is 77.5 Å². The van der Waals surface area contributed by atoms with Gasteiger partial charge in [0.25, 0.3) is 10.0 Å². The number of sulfonamides is 2. The van der Waals surface area contributed by atoms with E-state index in [0.717, 1.165) is 15.0 Å². The molecule has 12 heteroatoms. The van der Waals surface area contributed by atoms with Gasteiger partial charge in [0, 0.05) is 16.4 Å². The Labute approximate surface area is 194 Å². The lowest BCUT2D eigenvalue weighted by atomic mass is 10.3. The third-order valence-corrected chi connectivity index (χ3v) is 7.23. The molecule has 1 aromatic heterocycles. The van der Waals surface area contributed by atoms with Crippen molar-refractivity contribution in [2.45, 2.75) is 4.90 Å². The van der Waals surface area contributed by atoms with Crippen molar-refractivity contribution in [1.29, 1.82) is 0 Å². The molecule has 0 aliphatic carbocycles. The highest BCUT2D eigenvalue weighted by molar-refractivity contribution is 9.10. The third kappa shape index (κ3) is 6.28. The van der Waals surface area contributed by atoms with Gasteiger partial charge in [-0.15, -0.1) is 0 Å². The highest BCUT2D eigenvalue weighted by atomic mass is 79.9. The quantitative estimate of drug-likeness (QED) is 0.454. The summed E-state index contributed by atoms with van der Waals surface area (Å²) in [5, 5.41) is 2.57. The van der Waals surface area contributed by atoms with Crippen molar-refractivity contribution in [3.8, 4) is 0 Å². The molecule has 0 bridgehead atoms. The van der Waals surface area contributed by atoms with E-state index in [1.54, 1.807) is 36.4 Å². The summed E-state index contributed by atoms with van der Waals surface area (Å²) in [4.78, 5) is 16.3. The van der Waals surface area contributed by atoms with Gasteiger partial charge in [-0.3, -0.25) is 18.8 Å². The normalized spacial score (nSPS) is 11.6. The summed E-state index contributed by atoms with van der Waals surface area (Å²) < 4.78 is 53.4. The lowest BCUT2D eigenvalue weighted by Crippen LogP contribution is -2.37. The van der Waals surface area contributed by atoms with Crippen molar-refractivity contribution >= 4 is 58.9 Å². The molecule has 1 heterocycles. The Kier molecular flexibility index (Phi) is 7.16. The topological polar surface area (TPSA) is 126 Å². The second-order valence-corrected chi connectivity index (χ2v) is 11.2. The number of anilines is 3. The number of benzene rings is 2. The Morgan fingerprint density at radius 2 is 1.62 bits per heavy atom. The van der Waals surface area contributed by atoms with Crippen LogP contribution >= 0.6 is 15.9 Å². The highest BCUT2D eigenvalue weighted by Crippen LogP contribution is 2.21. The zero-order valence-electron chi connectivity index (χ0n) is 16.8. The van der Waals surface area contributed by atoms with Crippen LogP contribution in [0.2, 0.25) is 0 Å². The first-order chi connectivity index (χ1) is 15.0. The molecule has 2 aromatic carbocycles. The van der Waals surface area contributed by atoms with Gasteiger partial charge in [0.2, 0.25) is 15.9 Å². The monoisotopic (exact) mass is 538 g/mol. The highest BCUT2D eigenvalue weighted by Gasteiger charge is 2.21. The van der Waals surface area contributed by atoms with E-state index in [2.05, 4.69) is 31.0 Å². The summed E-state index contributed by atoms with van der Waals surface area (Å²) in [7, 11) is -7.54. The number of nitrogens with zero attached hydrogens (tertiary/aromatic N) is 2. The lowest BCUT2D eigenvalue weighted by molar-refractivity contribution is -0.114. The maximum Gasteiger partial charge on any atom is 0.261 e. The number of halogens is 1. The van der Waals surface area contributed by atoms with Crippen LogP contribution < -0.4 is 14.3 Å². The number of amides is 1. The minimum absolute atomic E-state index is 0.00743. The van der Waals surface area contributed by atoms with Gasteiger partial charge in [0.15, 0.2) is 0 Å². The summed E-state index contributed by atoms with van der Waals surface area (Å²) in [6, 6.07) is 15.2. The van der Waals surface area contributed by atoms with Gasteiger partial charge in [-0.2, -0.15) is 0 Å². The van der Waals surface area contributed by atoms with E-state index in [1.807, 2.05) is 0 Å². The first-order valence-corrected chi connectivity index (χ1v) is 13.2. The van der Waals surface area contributed by atoms with Gasteiger partial charge in [0.1, 0.15) is 6.54 Å². The number of hydrogen-bond donors (Lipinski definition) is 2. The predicted molar refractivity (Wildman–Crippen MR) is 126 cm³/mol. The molecule has 0 aliphatic heterocycles. The van der Waals surface area contributed by atoms with Gasteiger partial charge in [-0.05, 0) is 60.7 Å². The third-order valence-electron chi connectivity index (χ3n) is 4.16. The van der Waals surface area contributed by atoms with Crippen molar-refractivity contribution < 1.29 is 21.6 Å². The maximum absolute atomic E-state index is 12.5. The minimum Gasteiger partial charge on any atom is -0.325 e. The number of carbonyl (C=O) groups is 1. The molecule has 1 amide bonds. The molecule has 0 fully saturated rings. The number of rotatable bonds is 8. The average Bonchev–Trinajstić information content (AvgIpc) is 2.73. The molecular formula is C20H19BrN4O5S2. The van der Waals surface area contributed by atoms with Crippen LogP contribution in [0.1, 0.15) is 0 Å². The minimum atomic E-state index is -3.83. The van der Waals surface area contributed by atoms with Gasteiger partial charge in [0.05, 0.1) is 28.7 Å². The number of aromatic nitrogens is 1. The predicted octanol–water partition coefficient (Wildman–Crippen LogP) is 3.05. The summed E-state index contributed by atoms with van der Waals surface area (Å²) in [5.74, 6) is -0.581. The molecule has 3 aromatic rings. The zero-order chi connectivity index (χ0) is 23.4. The van der Waals surface area contributed by atoms with Crippen LogP contribution in [-0.4, -0.2) is 40.5 Å². The van der Waals surface area contributed by atoms with Gasteiger partial charge < -0.3 is 5.32 Å². The molecule has 3 rings (SSSR count). The van der Waals surface area contributed by atoms with Crippen LogP contribution in [0, 0.1) is 0 Å². The Morgan fingerprint density at radius 1 is 0.969 bits per heavy atom. The molecule has 0 spiro atoms. The molecule has 32 heavy (non-hydrogen) atoms. The summed E-state index contributed by atoms with van der Waals surface area (Å²) >= 11 is 3.28. The largest absolute Gasteiger partial charge is 0.325 e. The summed E-state index contributed by atoms with van der Waals surface area (Å²) in [6.45, 7) is -0.441. The molecule has 9 nitrogen and oxygen atoms in total. The Balaban J connectivity index is 1.70. The first kappa shape index (κ1) is 23.7. The van der Waals surface area contributed by atoms with E-state index in [4.69, 9.17) is 0 Å². The van der Waals surface area contributed by atoms with Crippen molar-refractivity contribution in [3.63, 3.8) is 0 Å². The van der Waals surface area contributed by atoms with E-state index >= 15 is 0 Å². The summed E-state index contributed by atoms with van der Waals surface area (Å²) in [5.41, 5.74) is 0.979. The van der Waals surface area contributed by atoms with Crippen LogP contribution in [0.4, 0.5) is 17.1 Å². The maximum atomic E-state index is 12.5. The van der Waals surface area contributed by atoms with Crippen molar-refractivity contribution in [1.82, 2.24) is 4.98 Å². The van der Waals surface area contributed by atoms with Crippen LogP contribution in [-0.2, 0) is 24.8 Å². The van der Waals surface area contributed by atoms with Gasteiger partial charge in [-0.25, -0.2) is 16.8 Å². The second kappa shape index (κ2) is 9.67. The van der Waals surface area contributed by atoms with E-state index in [-0.39, 0.29) is 4.90 Å². The van der Waals surface area contributed by atoms with Gasteiger partial charge >= 0.3 is 0 Å². The van der Waals surface area contributed by atoms with Crippen molar-refractivity contribution in [2.75, 3.05) is 27.1 Å². The Bertz CT molecular complexity index is 1300. The second-order valence-electron chi connectivity index (χ2n) is 6.67. The standard InChI is InChI=1S/C20H19BrN4O5S2/c1-31(27,28)25(18-8-4-15(21)5-9-18)14-20(26)23-16-6-10-19(11-7-16)32(29,30)24-17-3-2-12-22-13-17/h2-13,24H,14H2,1H3,(H,23,26). The molecule has 168 valence electrons. The summed E-state index contributed by atoms with van der Waals surface area (Å²) in [6.07, 6.45) is 3.92. The first-order valence-electron chi connectivity index (χ1n) is 9.11. The van der Waals surface area contributed by atoms with Crippen LogP contribution in [0.5, 0.6) is 0 Å². The zero-order valence-corrected chi connectivity index (χ0v) is 20.0. The van der Waals surface area contributed by atoms with Crippen LogP contribution in [0.25, 0.3) is 0 Å². The smallest absolute Gasteiger partial charge is 0.261 e. The van der Waals surface area contributed by atoms with Crippen LogP contribution in [0.3, 0.4) is 0 Å². The SMILES string of the molecule is CS(=O)(=O)N(CC(=O)Nc1ccc(S(=O)(=O)Nc2cccnc2)cc1)c1ccc(Br)cc1. The molecular weight excluding hydrogens is 520 g/mol. The van der Waals surface area contributed by atoms with Crippen molar-refractivity contribution in [2.24, 2.45) is 0 Å². The number of pyridine rings is 1. The van der Waals surface area contributed by atoms with E-state index in [0.29, 0.717) is 17.1 Å². The average molecular weight is 539 g/mol. The Morgan fingerprint density at radius 3 is 2.19 bits per heavy atom. The molecule has 0 saturated heterocycles. The fourth-order valence-electron chi connectivity index (χ4n) is 2.69. The van der Waals surface area contributed by atoms with E-state index < -0.39 is 32.5 Å². The fraction of sp³-hybridized carbons (Fsp3) is 0.100. The molecule has 0 saturated carbocycles. The number of nitrogens with one attached hydrogen (secondary N) is 2. The Hall–Kier alpha value is -2.96. The lowest BCUT2D eigenvalue weighted by Gasteiger charge is -2.22. The molecule has 0 aliphatic rings. The van der Waals surface area contributed by atoms with Crippen LogP contribution in [0.15, 0.2) is 82.4 Å². The van der Waals surface area contributed by atoms with Gasteiger partial charge in [-0.1, -0.05) is 15.9 Å². The van der Waals surface area contributed by atoms with E-state index in [9.17, 15) is 21.6 Å². The molecule has 0 unspecified atom stereocenters. The van der Waals surface area contributed by atoms with E-state index in [1.165, 1.54) is 36.7 Å². The molecule has 0 radical (unpaired) electrons. The number of hydrogen-bond acceptors (Lipinski definition) is 6. The molecule has 2 N–H and O–H groups in total.